The van der Waals surface area contributed by atoms with Crippen molar-refractivity contribution in [3.63, 3.8) is 0 Å². The van der Waals surface area contributed by atoms with Crippen LogP contribution in [0.15, 0.2) is 28.7 Å². The van der Waals surface area contributed by atoms with Crippen LogP contribution in [0.1, 0.15) is 38.5 Å². The third-order valence-corrected chi connectivity index (χ3v) is 4.37. The highest BCUT2D eigenvalue weighted by Crippen LogP contribution is 2.40. The molecule has 3 rings (SSSR count). The summed E-state index contributed by atoms with van der Waals surface area (Å²) in [5.41, 5.74) is 0.546. The van der Waals surface area contributed by atoms with E-state index in [1.54, 1.807) is 0 Å². The lowest BCUT2D eigenvalue weighted by molar-refractivity contribution is -0.0173. The summed E-state index contributed by atoms with van der Waals surface area (Å²) in [6.45, 7) is 5.94. The summed E-state index contributed by atoms with van der Waals surface area (Å²) in [6, 6.07) is 7.95. The number of halogens is 1. The highest BCUT2D eigenvalue weighted by Gasteiger charge is 2.40. The predicted octanol–water partition coefficient (Wildman–Crippen LogP) is 4.31. The van der Waals surface area contributed by atoms with Gasteiger partial charge in [-0.05, 0) is 38.4 Å². The predicted molar refractivity (Wildman–Crippen MR) is 81.2 cm³/mol. The number of para-hydroxylation sites is 1. The van der Waals surface area contributed by atoms with Crippen molar-refractivity contribution < 1.29 is 9.15 Å². The summed E-state index contributed by atoms with van der Waals surface area (Å²) >= 11 is 6.20. The zero-order chi connectivity index (χ0) is 14.2. The first-order valence-electron chi connectivity index (χ1n) is 7.19. The smallest absolute Gasteiger partial charge is 0.152 e. The Labute approximate surface area is 124 Å². The number of rotatable bonds is 4. The number of hydrogen-bond acceptors (Lipinski definition) is 3. The van der Waals surface area contributed by atoms with Crippen molar-refractivity contribution >= 4 is 22.6 Å². The first-order valence-corrected chi connectivity index (χ1v) is 7.57. The van der Waals surface area contributed by atoms with Gasteiger partial charge in [0.15, 0.2) is 5.58 Å². The Morgan fingerprint density at radius 3 is 2.95 bits per heavy atom. The fourth-order valence-corrected chi connectivity index (χ4v) is 3.26. The second kappa shape index (κ2) is 5.40. The Balaban J connectivity index is 2.03. The van der Waals surface area contributed by atoms with Crippen LogP contribution in [0.5, 0.6) is 0 Å². The summed E-state index contributed by atoms with van der Waals surface area (Å²) in [6.07, 6.45) is 2.13. The number of fused-ring (bicyclic) bond motifs is 1. The van der Waals surface area contributed by atoms with Crippen LogP contribution in [0.25, 0.3) is 11.0 Å². The standard InChI is InChI=1S/C16H20ClNO2/c1-3-18-15(16(2)8-5-9-19-16)13-10-11-6-4-7-12(17)14(11)20-13/h4,6-7,10,15,18H,3,5,8-9H2,1-2H3. The molecular formula is C16H20ClNO2. The molecule has 1 aromatic heterocycles. The molecule has 20 heavy (non-hydrogen) atoms. The van der Waals surface area contributed by atoms with Crippen LogP contribution in [-0.4, -0.2) is 18.8 Å². The third kappa shape index (κ3) is 2.34. The van der Waals surface area contributed by atoms with Gasteiger partial charge in [-0.1, -0.05) is 30.7 Å². The van der Waals surface area contributed by atoms with Gasteiger partial charge in [0.1, 0.15) is 5.76 Å². The van der Waals surface area contributed by atoms with E-state index in [0.29, 0.717) is 5.02 Å². The monoisotopic (exact) mass is 293 g/mol. The van der Waals surface area contributed by atoms with Crippen LogP contribution >= 0.6 is 11.6 Å². The van der Waals surface area contributed by atoms with Crippen molar-refractivity contribution in [1.29, 1.82) is 0 Å². The van der Waals surface area contributed by atoms with Gasteiger partial charge in [0.25, 0.3) is 0 Å². The Morgan fingerprint density at radius 1 is 1.45 bits per heavy atom. The first kappa shape index (κ1) is 13.9. The minimum absolute atomic E-state index is 0.0541. The van der Waals surface area contributed by atoms with Crippen molar-refractivity contribution in [2.75, 3.05) is 13.2 Å². The number of hydrogen-bond donors (Lipinski definition) is 1. The van der Waals surface area contributed by atoms with Gasteiger partial charge in [0, 0.05) is 12.0 Å². The number of likely N-dealkylation sites (N-methyl/N-ethyl adjacent to an activating group) is 1. The van der Waals surface area contributed by atoms with Gasteiger partial charge in [-0.25, -0.2) is 0 Å². The molecule has 0 spiro atoms. The van der Waals surface area contributed by atoms with Crippen LogP contribution < -0.4 is 5.32 Å². The van der Waals surface area contributed by atoms with E-state index in [4.69, 9.17) is 20.8 Å². The average Bonchev–Trinajstić information content (AvgIpc) is 3.04. The molecule has 0 radical (unpaired) electrons. The molecule has 1 aliphatic heterocycles. The van der Waals surface area contributed by atoms with Gasteiger partial charge in [0.05, 0.1) is 16.7 Å². The highest BCUT2D eigenvalue weighted by atomic mass is 35.5. The van der Waals surface area contributed by atoms with Crippen LogP contribution in [0.4, 0.5) is 0 Å². The van der Waals surface area contributed by atoms with Crippen LogP contribution in [0.2, 0.25) is 5.02 Å². The molecule has 0 saturated carbocycles. The topological polar surface area (TPSA) is 34.4 Å². The van der Waals surface area contributed by atoms with Crippen molar-refractivity contribution in [1.82, 2.24) is 5.32 Å². The maximum atomic E-state index is 6.20. The van der Waals surface area contributed by atoms with E-state index >= 15 is 0 Å². The summed E-state index contributed by atoms with van der Waals surface area (Å²) < 4.78 is 12.0. The summed E-state index contributed by atoms with van der Waals surface area (Å²) in [5.74, 6) is 0.902. The molecular weight excluding hydrogens is 274 g/mol. The lowest BCUT2D eigenvalue weighted by atomic mass is 9.91. The molecule has 1 aliphatic rings. The zero-order valence-corrected chi connectivity index (χ0v) is 12.7. The lowest BCUT2D eigenvalue weighted by Crippen LogP contribution is -2.41. The molecule has 3 nitrogen and oxygen atoms in total. The number of furan rings is 1. The maximum absolute atomic E-state index is 6.20. The molecule has 1 N–H and O–H groups in total. The van der Waals surface area contributed by atoms with Crippen molar-refractivity contribution in [3.05, 3.63) is 35.0 Å². The number of benzene rings is 1. The largest absolute Gasteiger partial charge is 0.458 e. The highest BCUT2D eigenvalue weighted by molar-refractivity contribution is 6.34. The summed E-state index contributed by atoms with van der Waals surface area (Å²) in [4.78, 5) is 0. The molecule has 4 heteroatoms. The van der Waals surface area contributed by atoms with E-state index in [1.807, 2.05) is 18.2 Å². The van der Waals surface area contributed by atoms with E-state index < -0.39 is 0 Å². The van der Waals surface area contributed by atoms with Crippen LogP contribution in [0.3, 0.4) is 0 Å². The number of ether oxygens (including phenoxy) is 1. The molecule has 108 valence electrons. The summed E-state index contributed by atoms with van der Waals surface area (Å²) in [7, 11) is 0. The van der Waals surface area contributed by atoms with Crippen LogP contribution in [-0.2, 0) is 4.74 Å². The Hall–Kier alpha value is -1.03. The van der Waals surface area contributed by atoms with Crippen molar-refractivity contribution in [2.24, 2.45) is 0 Å². The fourth-order valence-electron chi connectivity index (χ4n) is 3.04. The lowest BCUT2D eigenvalue weighted by Gasteiger charge is -2.32. The van der Waals surface area contributed by atoms with Crippen molar-refractivity contribution in [2.45, 2.75) is 38.3 Å². The van der Waals surface area contributed by atoms with Gasteiger partial charge in [-0.2, -0.15) is 0 Å². The van der Waals surface area contributed by atoms with E-state index in [0.717, 1.165) is 42.7 Å². The Bertz CT molecular complexity index is 602. The second-order valence-corrected chi connectivity index (χ2v) is 5.97. The van der Waals surface area contributed by atoms with Gasteiger partial charge in [-0.15, -0.1) is 0 Å². The maximum Gasteiger partial charge on any atom is 0.152 e. The van der Waals surface area contributed by atoms with Crippen molar-refractivity contribution in [3.8, 4) is 0 Å². The minimum atomic E-state index is -0.212. The number of nitrogens with one attached hydrogen (secondary N) is 1. The molecule has 2 atom stereocenters. The molecule has 2 unspecified atom stereocenters. The molecule has 0 amide bonds. The molecule has 0 bridgehead atoms. The quantitative estimate of drug-likeness (QED) is 0.912. The zero-order valence-electron chi connectivity index (χ0n) is 11.9. The van der Waals surface area contributed by atoms with Gasteiger partial charge < -0.3 is 14.5 Å². The summed E-state index contributed by atoms with van der Waals surface area (Å²) in [5, 5.41) is 5.19. The molecule has 1 saturated heterocycles. The fraction of sp³-hybridized carbons (Fsp3) is 0.500. The van der Waals surface area contributed by atoms with Gasteiger partial charge in [0.2, 0.25) is 0 Å². The average molecular weight is 294 g/mol. The van der Waals surface area contributed by atoms with Gasteiger partial charge >= 0.3 is 0 Å². The van der Waals surface area contributed by atoms with E-state index in [-0.39, 0.29) is 11.6 Å². The minimum Gasteiger partial charge on any atom is -0.458 e. The third-order valence-electron chi connectivity index (χ3n) is 4.07. The SMILES string of the molecule is CCNC(c1cc2cccc(Cl)c2o1)C1(C)CCCO1. The molecule has 2 heterocycles. The normalized spacial score (nSPS) is 24.4. The first-order chi connectivity index (χ1) is 9.64. The van der Waals surface area contributed by atoms with Crippen LogP contribution in [0, 0.1) is 0 Å². The van der Waals surface area contributed by atoms with E-state index in [1.165, 1.54) is 0 Å². The van der Waals surface area contributed by atoms with E-state index in [9.17, 15) is 0 Å². The molecule has 2 aromatic rings. The molecule has 1 fully saturated rings. The van der Waals surface area contributed by atoms with E-state index in [2.05, 4.69) is 25.2 Å². The second-order valence-electron chi connectivity index (χ2n) is 5.56. The Kier molecular flexibility index (Phi) is 3.76. The Morgan fingerprint density at radius 2 is 2.30 bits per heavy atom. The van der Waals surface area contributed by atoms with Gasteiger partial charge in [-0.3, -0.25) is 0 Å². The molecule has 0 aliphatic carbocycles. The molecule has 1 aromatic carbocycles.